The Morgan fingerprint density at radius 2 is 1.96 bits per heavy atom. The quantitative estimate of drug-likeness (QED) is 0.272. The number of para-hydroxylation sites is 1. The van der Waals surface area contributed by atoms with Gasteiger partial charge in [-0.2, -0.15) is 0 Å². The lowest BCUT2D eigenvalue weighted by molar-refractivity contribution is -0.164. The number of amides is 1. The summed E-state index contributed by atoms with van der Waals surface area (Å²) in [4.78, 5) is 23.8. The average Bonchev–Trinajstić information content (AvgIpc) is 3.08. The predicted molar refractivity (Wildman–Crippen MR) is 108 cm³/mol. The van der Waals surface area contributed by atoms with E-state index in [0.717, 1.165) is 41.3 Å². The summed E-state index contributed by atoms with van der Waals surface area (Å²) in [7, 11) is 3.89. The fourth-order valence-electron chi connectivity index (χ4n) is 2.77. The number of unbranched alkanes of at least 4 members (excludes halogenated alkanes) is 1. The Morgan fingerprint density at radius 3 is 2.62 bits per heavy atom. The Morgan fingerprint density at radius 1 is 1.23 bits per heavy atom. The third-order valence-electron chi connectivity index (χ3n) is 4.16. The van der Waals surface area contributed by atoms with Gasteiger partial charge in [0.2, 0.25) is 6.29 Å². The van der Waals surface area contributed by atoms with Gasteiger partial charge in [0.15, 0.2) is 0 Å². The van der Waals surface area contributed by atoms with Crippen LogP contribution in [0.15, 0.2) is 18.2 Å². The number of benzene rings is 1. The van der Waals surface area contributed by atoms with Crippen molar-refractivity contribution in [1.82, 2.24) is 0 Å². The third kappa shape index (κ3) is 7.11. The zero-order valence-electron chi connectivity index (χ0n) is 15.6. The maximum atomic E-state index is 12.0. The highest BCUT2D eigenvalue weighted by molar-refractivity contribution is 8.77. The van der Waals surface area contributed by atoms with Crippen LogP contribution in [0.25, 0.3) is 0 Å². The molecule has 1 aliphatic heterocycles. The monoisotopic (exact) mass is 397 g/mol. The van der Waals surface area contributed by atoms with E-state index in [1.807, 2.05) is 53.6 Å². The molecule has 0 aliphatic carbocycles. The van der Waals surface area contributed by atoms with Gasteiger partial charge in [0, 0.05) is 30.0 Å². The van der Waals surface area contributed by atoms with Gasteiger partial charge in [0.1, 0.15) is 0 Å². The number of hydrogen-bond donors (Lipinski definition) is 1. The smallest absolute Gasteiger partial charge is 0.414 e. The molecule has 1 fully saturated rings. The molecular formula is C19H27NO4S2. The molecule has 0 saturated carbocycles. The van der Waals surface area contributed by atoms with Crippen LogP contribution in [-0.2, 0) is 14.3 Å². The van der Waals surface area contributed by atoms with E-state index in [1.54, 1.807) is 6.92 Å². The molecule has 1 aromatic rings. The second kappa shape index (κ2) is 10.7. The molecule has 1 saturated heterocycles. The van der Waals surface area contributed by atoms with Crippen molar-refractivity contribution in [3.8, 4) is 0 Å². The van der Waals surface area contributed by atoms with Crippen LogP contribution in [0, 0.1) is 13.8 Å². The van der Waals surface area contributed by atoms with Gasteiger partial charge in [-0.05, 0) is 44.2 Å². The molecule has 1 amide bonds. The molecule has 0 bridgehead atoms. The largest absolute Gasteiger partial charge is 0.425 e. The van der Waals surface area contributed by atoms with Gasteiger partial charge in [-0.15, -0.1) is 0 Å². The van der Waals surface area contributed by atoms with Crippen LogP contribution in [-0.4, -0.2) is 29.4 Å². The number of carbonyl (C=O) groups is 2. The maximum Gasteiger partial charge on any atom is 0.414 e. The molecule has 144 valence electrons. The van der Waals surface area contributed by atoms with E-state index in [9.17, 15) is 9.59 Å². The molecule has 0 spiro atoms. The number of rotatable bonds is 8. The summed E-state index contributed by atoms with van der Waals surface area (Å²) in [6, 6.07) is 5.75. The predicted octanol–water partition coefficient (Wildman–Crippen LogP) is 5.46. The molecule has 0 radical (unpaired) electrons. The number of carbonyl (C=O) groups excluding carboxylic acids is 2. The van der Waals surface area contributed by atoms with E-state index in [0.29, 0.717) is 6.42 Å². The topological polar surface area (TPSA) is 64.6 Å². The first-order valence-electron chi connectivity index (χ1n) is 8.97. The molecule has 1 N–H and O–H groups in total. The van der Waals surface area contributed by atoms with Gasteiger partial charge in [0.05, 0.1) is 0 Å². The SMILES string of the molecule is Cc1cccc(C)c1NC(=O)OC(C)OC(=O)CCCCC1CCSS1. The average molecular weight is 398 g/mol. The molecule has 7 heteroatoms. The second-order valence-corrected chi connectivity index (χ2v) is 9.22. The first-order chi connectivity index (χ1) is 12.5. The maximum absolute atomic E-state index is 12.0. The fraction of sp³-hybridized carbons (Fsp3) is 0.579. The molecule has 5 nitrogen and oxygen atoms in total. The van der Waals surface area contributed by atoms with Gasteiger partial charge in [-0.25, -0.2) is 4.79 Å². The summed E-state index contributed by atoms with van der Waals surface area (Å²) in [6.07, 6.45) is 3.07. The van der Waals surface area contributed by atoms with E-state index >= 15 is 0 Å². The summed E-state index contributed by atoms with van der Waals surface area (Å²) >= 11 is 0. The number of aryl methyl sites for hydroxylation is 2. The van der Waals surface area contributed by atoms with Gasteiger partial charge in [0.25, 0.3) is 0 Å². The molecular weight excluding hydrogens is 370 g/mol. The third-order valence-corrected chi connectivity index (χ3v) is 7.17. The summed E-state index contributed by atoms with van der Waals surface area (Å²) in [6.45, 7) is 5.37. The number of hydrogen-bond acceptors (Lipinski definition) is 6. The molecule has 26 heavy (non-hydrogen) atoms. The Hall–Kier alpha value is -1.34. The Balaban J connectivity index is 1.64. The van der Waals surface area contributed by atoms with Crippen molar-refractivity contribution >= 4 is 39.3 Å². The van der Waals surface area contributed by atoms with Crippen LogP contribution < -0.4 is 5.32 Å². The summed E-state index contributed by atoms with van der Waals surface area (Å²) < 4.78 is 10.3. The summed E-state index contributed by atoms with van der Waals surface area (Å²) in [5, 5.41) is 3.44. The van der Waals surface area contributed by atoms with Crippen LogP contribution >= 0.6 is 21.6 Å². The van der Waals surface area contributed by atoms with Crippen LogP contribution in [0.3, 0.4) is 0 Å². The van der Waals surface area contributed by atoms with E-state index in [4.69, 9.17) is 9.47 Å². The number of esters is 1. The Labute approximate surface area is 163 Å². The first kappa shape index (κ1) is 21.0. The zero-order valence-corrected chi connectivity index (χ0v) is 17.2. The molecule has 2 rings (SSSR count). The highest BCUT2D eigenvalue weighted by atomic mass is 33.1. The number of anilines is 1. The normalized spacial score (nSPS) is 17.6. The highest BCUT2D eigenvalue weighted by Crippen LogP contribution is 2.39. The van der Waals surface area contributed by atoms with Gasteiger partial charge >= 0.3 is 12.1 Å². The van der Waals surface area contributed by atoms with Crippen LogP contribution in [0.2, 0.25) is 0 Å². The van der Waals surface area contributed by atoms with E-state index < -0.39 is 12.4 Å². The number of ether oxygens (including phenoxy) is 2. The van der Waals surface area contributed by atoms with Crippen LogP contribution in [0.4, 0.5) is 10.5 Å². The van der Waals surface area contributed by atoms with Crippen molar-refractivity contribution in [3.05, 3.63) is 29.3 Å². The first-order valence-corrected chi connectivity index (χ1v) is 11.4. The van der Waals surface area contributed by atoms with Crippen molar-refractivity contribution in [3.63, 3.8) is 0 Å². The number of nitrogens with one attached hydrogen (secondary N) is 1. The zero-order chi connectivity index (χ0) is 18.9. The van der Waals surface area contributed by atoms with Gasteiger partial charge < -0.3 is 9.47 Å². The lowest BCUT2D eigenvalue weighted by Crippen LogP contribution is -2.25. The van der Waals surface area contributed by atoms with Crippen molar-refractivity contribution in [2.45, 2.75) is 64.4 Å². The molecule has 1 aliphatic rings. The van der Waals surface area contributed by atoms with Crippen molar-refractivity contribution in [1.29, 1.82) is 0 Å². The highest BCUT2D eigenvalue weighted by Gasteiger charge is 2.17. The molecule has 0 aromatic heterocycles. The van der Waals surface area contributed by atoms with Gasteiger partial charge in [-0.3, -0.25) is 10.1 Å². The minimum absolute atomic E-state index is 0.328. The van der Waals surface area contributed by atoms with Crippen molar-refractivity contribution < 1.29 is 19.1 Å². The van der Waals surface area contributed by atoms with Gasteiger partial charge in [-0.1, -0.05) is 46.2 Å². The summed E-state index contributed by atoms with van der Waals surface area (Å²) in [5.74, 6) is 0.905. The molecule has 1 heterocycles. The Bertz CT molecular complexity index is 597. The van der Waals surface area contributed by atoms with Crippen molar-refractivity contribution in [2.24, 2.45) is 0 Å². The molecule has 2 unspecified atom stereocenters. The van der Waals surface area contributed by atoms with Crippen molar-refractivity contribution in [2.75, 3.05) is 11.1 Å². The van der Waals surface area contributed by atoms with Crippen LogP contribution in [0.1, 0.15) is 50.2 Å². The molecule has 1 aromatic carbocycles. The van der Waals surface area contributed by atoms with E-state index in [-0.39, 0.29) is 5.97 Å². The fourth-order valence-corrected chi connectivity index (χ4v) is 5.80. The summed E-state index contributed by atoms with van der Waals surface area (Å²) in [5.41, 5.74) is 2.62. The second-order valence-electron chi connectivity index (χ2n) is 6.43. The lowest BCUT2D eigenvalue weighted by atomic mass is 10.1. The minimum atomic E-state index is -0.909. The van der Waals surface area contributed by atoms with E-state index in [1.165, 1.54) is 12.2 Å². The van der Waals surface area contributed by atoms with E-state index in [2.05, 4.69) is 5.32 Å². The Kier molecular flexibility index (Phi) is 8.65. The standard InChI is InChI=1S/C19H27NO4S2/c1-13-7-6-8-14(2)18(13)20-19(22)24-15(3)23-17(21)10-5-4-9-16-11-12-25-26-16/h6-8,15-16H,4-5,9-12H2,1-3H3,(H,20,22). The van der Waals surface area contributed by atoms with Crippen LogP contribution in [0.5, 0.6) is 0 Å². The molecule has 2 atom stereocenters. The minimum Gasteiger partial charge on any atom is -0.425 e. The lowest BCUT2D eigenvalue weighted by Gasteiger charge is -2.16.